The molecule has 0 aromatic heterocycles. The van der Waals surface area contributed by atoms with E-state index in [1.807, 2.05) is 0 Å². The van der Waals surface area contributed by atoms with Gasteiger partial charge in [0.25, 0.3) is 5.91 Å². The Morgan fingerprint density at radius 3 is 2.56 bits per heavy atom. The van der Waals surface area contributed by atoms with Crippen LogP contribution in [0.25, 0.3) is 0 Å². The highest BCUT2D eigenvalue weighted by atomic mass is 16.7. The highest BCUT2D eigenvalue weighted by Gasteiger charge is 2.26. The Kier molecular flexibility index (Phi) is 5.21. The van der Waals surface area contributed by atoms with Gasteiger partial charge in [-0.2, -0.15) is 0 Å². The van der Waals surface area contributed by atoms with Gasteiger partial charge in [-0.05, 0) is 38.0 Å². The van der Waals surface area contributed by atoms with E-state index in [4.69, 9.17) is 9.47 Å². The maximum absolute atomic E-state index is 12.6. The third-order valence-corrected chi connectivity index (χ3v) is 4.47. The molecule has 2 aliphatic rings. The molecular formula is C18H22N2O5. The van der Waals surface area contributed by atoms with Crippen LogP contribution in [-0.4, -0.2) is 48.4 Å². The standard InChI is InChI=1S/C18H22N2O5/c1-12(21)2-5-17(22)19-14-6-8-20(9-7-14)18(23)13-3-4-15-16(10-13)25-11-24-15/h3-4,10,14H,2,5-9,11H2,1H3,(H,19,22). The molecule has 2 aliphatic heterocycles. The lowest BCUT2D eigenvalue weighted by molar-refractivity contribution is -0.125. The van der Waals surface area contributed by atoms with Gasteiger partial charge < -0.3 is 24.5 Å². The lowest BCUT2D eigenvalue weighted by atomic mass is 10.0. The average Bonchev–Trinajstić information content (AvgIpc) is 3.07. The second kappa shape index (κ2) is 7.55. The van der Waals surface area contributed by atoms with Crippen LogP contribution in [0.1, 0.15) is 43.0 Å². The number of benzene rings is 1. The maximum Gasteiger partial charge on any atom is 0.253 e. The predicted octanol–water partition coefficient (Wildman–Crippen LogP) is 1.51. The molecule has 7 heteroatoms. The fourth-order valence-corrected chi connectivity index (χ4v) is 3.03. The van der Waals surface area contributed by atoms with Crippen LogP contribution < -0.4 is 14.8 Å². The van der Waals surface area contributed by atoms with Crippen LogP contribution in [0.2, 0.25) is 0 Å². The van der Waals surface area contributed by atoms with Crippen molar-refractivity contribution >= 4 is 17.6 Å². The van der Waals surface area contributed by atoms with Crippen molar-refractivity contribution in [1.29, 1.82) is 0 Å². The molecule has 2 amide bonds. The van der Waals surface area contributed by atoms with Gasteiger partial charge in [0.2, 0.25) is 12.7 Å². The van der Waals surface area contributed by atoms with Crippen LogP contribution in [-0.2, 0) is 9.59 Å². The number of nitrogens with zero attached hydrogens (tertiary/aromatic N) is 1. The molecule has 1 aromatic carbocycles. The molecule has 0 bridgehead atoms. The van der Waals surface area contributed by atoms with Gasteiger partial charge in [0.1, 0.15) is 5.78 Å². The first-order valence-electron chi connectivity index (χ1n) is 8.50. The fraction of sp³-hybridized carbons (Fsp3) is 0.500. The molecule has 1 saturated heterocycles. The molecule has 3 rings (SSSR count). The second-order valence-corrected chi connectivity index (χ2v) is 6.40. The first-order chi connectivity index (χ1) is 12.0. The molecule has 134 valence electrons. The summed E-state index contributed by atoms with van der Waals surface area (Å²) < 4.78 is 10.6. The number of ether oxygens (including phenoxy) is 2. The zero-order chi connectivity index (χ0) is 17.8. The van der Waals surface area contributed by atoms with Crippen molar-refractivity contribution in [2.24, 2.45) is 0 Å². The van der Waals surface area contributed by atoms with Gasteiger partial charge in [-0.3, -0.25) is 9.59 Å². The molecule has 0 aliphatic carbocycles. The number of fused-ring (bicyclic) bond motifs is 1. The number of rotatable bonds is 5. The molecule has 2 heterocycles. The van der Waals surface area contributed by atoms with E-state index in [9.17, 15) is 14.4 Å². The Morgan fingerprint density at radius 2 is 1.84 bits per heavy atom. The molecule has 0 radical (unpaired) electrons. The summed E-state index contributed by atoms with van der Waals surface area (Å²) in [7, 11) is 0. The van der Waals surface area contributed by atoms with Gasteiger partial charge in [0, 0.05) is 37.5 Å². The third-order valence-electron chi connectivity index (χ3n) is 4.47. The second-order valence-electron chi connectivity index (χ2n) is 6.40. The quantitative estimate of drug-likeness (QED) is 0.873. The van der Waals surface area contributed by atoms with Gasteiger partial charge in [-0.15, -0.1) is 0 Å². The van der Waals surface area contributed by atoms with Crippen molar-refractivity contribution in [3.05, 3.63) is 23.8 Å². The number of hydrogen-bond acceptors (Lipinski definition) is 5. The molecule has 0 saturated carbocycles. The number of carbonyl (C=O) groups is 3. The highest BCUT2D eigenvalue weighted by Crippen LogP contribution is 2.33. The summed E-state index contributed by atoms with van der Waals surface area (Å²) in [6.45, 7) is 2.84. The Morgan fingerprint density at radius 1 is 1.12 bits per heavy atom. The molecule has 7 nitrogen and oxygen atoms in total. The number of Topliss-reactive ketones (excluding diaryl/α,β-unsaturated/α-hetero) is 1. The smallest absolute Gasteiger partial charge is 0.253 e. The minimum atomic E-state index is -0.101. The summed E-state index contributed by atoms with van der Waals surface area (Å²) in [5.41, 5.74) is 0.577. The molecule has 25 heavy (non-hydrogen) atoms. The van der Waals surface area contributed by atoms with Gasteiger partial charge in [0.15, 0.2) is 11.5 Å². The Bertz CT molecular complexity index is 680. The Hall–Kier alpha value is -2.57. The van der Waals surface area contributed by atoms with Crippen molar-refractivity contribution < 1.29 is 23.9 Å². The number of nitrogens with one attached hydrogen (secondary N) is 1. The largest absolute Gasteiger partial charge is 0.454 e. The number of ketones is 1. The molecule has 1 fully saturated rings. The minimum absolute atomic E-state index is 0.0132. The van der Waals surface area contributed by atoms with E-state index in [-0.39, 0.29) is 43.3 Å². The number of hydrogen-bond donors (Lipinski definition) is 1. The van der Waals surface area contributed by atoms with Crippen LogP contribution in [0.4, 0.5) is 0 Å². The summed E-state index contributed by atoms with van der Waals surface area (Å²) in [5, 5.41) is 2.94. The SMILES string of the molecule is CC(=O)CCC(=O)NC1CCN(C(=O)c2ccc3c(c2)OCO3)CC1. The zero-order valence-electron chi connectivity index (χ0n) is 14.2. The summed E-state index contributed by atoms with van der Waals surface area (Å²) in [5.74, 6) is 1.12. The lowest BCUT2D eigenvalue weighted by Crippen LogP contribution is -2.46. The summed E-state index contributed by atoms with van der Waals surface area (Å²) in [4.78, 5) is 37.1. The lowest BCUT2D eigenvalue weighted by Gasteiger charge is -2.32. The molecule has 0 atom stereocenters. The van der Waals surface area contributed by atoms with Gasteiger partial charge in [-0.1, -0.05) is 0 Å². The van der Waals surface area contributed by atoms with Crippen molar-refractivity contribution in [2.75, 3.05) is 19.9 Å². The molecular weight excluding hydrogens is 324 g/mol. The third kappa shape index (κ3) is 4.29. The first-order valence-corrected chi connectivity index (χ1v) is 8.50. The van der Waals surface area contributed by atoms with E-state index in [2.05, 4.69) is 5.32 Å². The van der Waals surface area contributed by atoms with E-state index in [1.165, 1.54) is 6.92 Å². The van der Waals surface area contributed by atoms with Crippen molar-refractivity contribution in [2.45, 2.75) is 38.6 Å². The first kappa shape index (κ1) is 17.3. The maximum atomic E-state index is 12.6. The van der Waals surface area contributed by atoms with Gasteiger partial charge >= 0.3 is 0 Å². The number of carbonyl (C=O) groups excluding carboxylic acids is 3. The zero-order valence-corrected chi connectivity index (χ0v) is 14.2. The fourth-order valence-electron chi connectivity index (χ4n) is 3.03. The van der Waals surface area contributed by atoms with Gasteiger partial charge in [0.05, 0.1) is 0 Å². The molecule has 0 unspecified atom stereocenters. The van der Waals surface area contributed by atoms with Crippen LogP contribution in [0, 0.1) is 0 Å². The van der Waals surface area contributed by atoms with E-state index >= 15 is 0 Å². The minimum Gasteiger partial charge on any atom is -0.454 e. The average molecular weight is 346 g/mol. The molecule has 1 N–H and O–H groups in total. The molecule has 0 spiro atoms. The van der Waals surface area contributed by atoms with Crippen LogP contribution in [0.15, 0.2) is 18.2 Å². The summed E-state index contributed by atoms with van der Waals surface area (Å²) in [6.07, 6.45) is 1.92. The number of amides is 2. The van der Waals surface area contributed by atoms with E-state index < -0.39 is 0 Å². The number of piperidine rings is 1. The van der Waals surface area contributed by atoms with Gasteiger partial charge in [-0.25, -0.2) is 0 Å². The highest BCUT2D eigenvalue weighted by molar-refractivity contribution is 5.95. The van der Waals surface area contributed by atoms with E-state index in [1.54, 1.807) is 23.1 Å². The van der Waals surface area contributed by atoms with E-state index in [0.29, 0.717) is 43.0 Å². The summed E-state index contributed by atoms with van der Waals surface area (Å²) >= 11 is 0. The number of likely N-dealkylation sites (tertiary alicyclic amines) is 1. The Labute approximate surface area is 146 Å². The van der Waals surface area contributed by atoms with Crippen molar-refractivity contribution in [1.82, 2.24) is 10.2 Å². The monoisotopic (exact) mass is 346 g/mol. The van der Waals surface area contributed by atoms with Crippen molar-refractivity contribution in [3.63, 3.8) is 0 Å². The van der Waals surface area contributed by atoms with Crippen LogP contribution in [0.3, 0.4) is 0 Å². The van der Waals surface area contributed by atoms with E-state index in [0.717, 1.165) is 0 Å². The predicted molar refractivity (Wildman–Crippen MR) is 89.5 cm³/mol. The normalized spacial score (nSPS) is 16.6. The topological polar surface area (TPSA) is 84.9 Å². The summed E-state index contributed by atoms with van der Waals surface area (Å²) in [6, 6.07) is 5.25. The Balaban J connectivity index is 1.49. The molecule has 1 aromatic rings. The van der Waals surface area contributed by atoms with Crippen LogP contribution in [0.5, 0.6) is 11.5 Å². The van der Waals surface area contributed by atoms with Crippen LogP contribution >= 0.6 is 0 Å². The van der Waals surface area contributed by atoms with Crippen molar-refractivity contribution in [3.8, 4) is 11.5 Å².